The zero-order valence-electron chi connectivity index (χ0n) is 16.9. The Labute approximate surface area is 195 Å². The molecule has 1 aliphatic carbocycles. The molecule has 0 bridgehead atoms. The van der Waals surface area contributed by atoms with Gasteiger partial charge in [0, 0.05) is 30.8 Å². The summed E-state index contributed by atoms with van der Waals surface area (Å²) in [7, 11) is 0. The fourth-order valence-electron chi connectivity index (χ4n) is 3.51. The van der Waals surface area contributed by atoms with Gasteiger partial charge in [-0.1, -0.05) is 23.7 Å². The van der Waals surface area contributed by atoms with Crippen molar-refractivity contribution in [2.75, 3.05) is 6.54 Å². The Kier molecular flexibility index (Phi) is 6.62. The normalized spacial score (nSPS) is 14.0. The maximum Gasteiger partial charge on any atom is 0.436 e. The van der Waals surface area contributed by atoms with Crippen LogP contribution in [0, 0.1) is 0 Å². The molecule has 1 saturated carbocycles. The zero-order chi connectivity index (χ0) is 22.9. The third-order valence-electron chi connectivity index (χ3n) is 5.13. The Morgan fingerprint density at radius 3 is 2.75 bits per heavy atom. The number of aryl methyl sites for hydroxylation is 1. The number of hydrogen-bond acceptors (Lipinski definition) is 3. The average molecular weight is 531 g/mol. The largest absolute Gasteiger partial charge is 0.436 e. The Balaban J connectivity index is 1.33. The molecule has 1 N–H and O–H groups in total. The van der Waals surface area contributed by atoms with Gasteiger partial charge in [0.1, 0.15) is 0 Å². The minimum Gasteiger partial charge on any atom is -0.352 e. The molecule has 6 nitrogen and oxygen atoms in total. The third kappa shape index (κ3) is 5.35. The molecule has 1 amide bonds. The van der Waals surface area contributed by atoms with Gasteiger partial charge in [-0.3, -0.25) is 14.2 Å². The van der Waals surface area contributed by atoms with Crippen LogP contribution in [0.4, 0.5) is 13.2 Å². The van der Waals surface area contributed by atoms with Crippen LogP contribution in [0.3, 0.4) is 0 Å². The van der Waals surface area contributed by atoms with Crippen molar-refractivity contribution in [3.63, 3.8) is 0 Å². The van der Waals surface area contributed by atoms with Crippen LogP contribution < -0.4 is 5.32 Å². The molecule has 170 valence electrons. The van der Waals surface area contributed by atoms with E-state index in [2.05, 4.69) is 31.4 Å². The maximum absolute atomic E-state index is 13.2. The second-order valence-corrected chi connectivity index (χ2v) is 9.00. The van der Waals surface area contributed by atoms with Crippen molar-refractivity contribution in [2.24, 2.45) is 0 Å². The van der Waals surface area contributed by atoms with Crippen molar-refractivity contribution in [3.8, 4) is 0 Å². The number of benzene rings is 1. The quantitative estimate of drug-likeness (QED) is 0.404. The summed E-state index contributed by atoms with van der Waals surface area (Å²) in [6.07, 6.45) is 1.000. The van der Waals surface area contributed by atoms with Crippen molar-refractivity contribution in [2.45, 2.75) is 44.4 Å². The summed E-state index contributed by atoms with van der Waals surface area (Å²) in [5.74, 6) is -0.218. The first kappa shape index (κ1) is 22.8. The number of carbonyl (C=O) groups is 1. The van der Waals surface area contributed by atoms with Crippen LogP contribution in [-0.2, 0) is 19.3 Å². The van der Waals surface area contributed by atoms with Crippen molar-refractivity contribution in [3.05, 3.63) is 68.7 Å². The van der Waals surface area contributed by atoms with Crippen LogP contribution in [0.2, 0.25) is 5.02 Å². The predicted octanol–water partition coefficient (Wildman–Crippen LogP) is 5.26. The van der Waals surface area contributed by atoms with Gasteiger partial charge >= 0.3 is 6.18 Å². The average Bonchev–Trinajstić information content (AvgIpc) is 3.40. The van der Waals surface area contributed by atoms with Crippen molar-refractivity contribution in [1.82, 2.24) is 24.9 Å². The molecule has 2 aromatic heterocycles. The standard InChI is InChI=1S/C21H20BrClF3N5O/c22-16-10-28-30(12-16)11-13-3-1-4-15(9-13)20(32)27-7-2-8-31-18(14-5-6-14)17(23)19(29-31)21(24,25)26/h1,3-4,9-10,12,14H,2,5-8,11H2,(H,27,32). The molecule has 32 heavy (non-hydrogen) atoms. The molecule has 11 heteroatoms. The number of nitrogens with zero attached hydrogens (tertiary/aromatic N) is 4. The van der Waals surface area contributed by atoms with E-state index in [-0.39, 0.29) is 23.4 Å². The number of aromatic nitrogens is 4. The van der Waals surface area contributed by atoms with E-state index in [1.807, 2.05) is 12.3 Å². The Bertz CT molecular complexity index is 1120. The first-order valence-corrected chi connectivity index (χ1v) is 11.3. The summed E-state index contributed by atoms with van der Waals surface area (Å²) in [4.78, 5) is 12.5. The fourth-order valence-corrected chi connectivity index (χ4v) is 4.23. The van der Waals surface area contributed by atoms with Gasteiger partial charge in [0.2, 0.25) is 0 Å². The second kappa shape index (κ2) is 9.27. The number of hydrogen-bond donors (Lipinski definition) is 1. The van der Waals surface area contributed by atoms with Gasteiger partial charge < -0.3 is 5.32 Å². The molecule has 0 atom stereocenters. The summed E-state index contributed by atoms with van der Waals surface area (Å²) >= 11 is 9.33. The number of nitrogens with one attached hydrogen (secondary N) is 1. The highest BCUT2D eigenvalue weighted by Crippen LogP contribution is 2.46. The van der Waals surface area contributed by atoms with Gasteiger partial charge in [-0.25, -0.2) is 0 Å². The van der Waals surface area contributed by atoms with Crippen molar-refractivity contribution in [1.29, 1.82) is 0 Å². The first-order valence-electron chi connectivity index (χ1n) is 10.1. The van der Waals surface area contributed by atoms with Crippen LogP contribution in [0.1, 0.15) is 52.5 Å². The lowest BCUT2D eigenvalue weighted by atomic mass is 10.1. The highest BCUT2D eigenvalue weighted by atomic mass is 79.9. The Morgan fingerprint density at radius 1 is 1.31 bits per heavy atom. The fraction of sp³-hybridized carbons (Fsp3) is 0.381. The van der Waals surface area contributed by atoms with Gasteiger partial charge in [0.05, 0.1) is 27.9 Å². The van der Waals surface area contributed by atoms with E-state index in [1.54, 1.807) is 29.1 Å². The number of amides is 1. The summed E-state index contributed by atoms with van der Waals surface area (Å²) in [6, 6.07) is 7.21. The smallest absolute Gasteiger partial charge is 0.352 e. The van der Waals surface area contributed by atoms with Crippen molar-refractivity contribution < 1.29 is 18.0 Å². The predicted molar refractivity (Wildman–Crippen MR) is 117 cm³/mol. The minimum absolute atomic E-state index is 0.0267. The number of alkyl halides is 3. The van der Waals surface area contributed by atoms with Gasteiger partial charge in [-0.2, -0.15) is 23.4 Å². The molecule has 1 aromatic carbocycles. The van der Waals surface area contributed by atoms with E-state index < -0.39 is 11.9 Å². The number of rotatable bonds is 8. The SMILES string of the molecule is O=C(NCCCn1nc(C(F)(F)F)c(Cl)c1C1CC1)c1cccc(Cn2cc(Br)cn2)c1. The highest BCUT2D eigenvalue weighted by molar-refractivity contribution is 9.10. The monoisotopic (exact) mass is 529 g/mol. The molecule has 0 radical (unpaired) electrons. The van der Waals surface area contributed by atoms with E-state index in [0.717, 1.165) is 22.9 Å². The summed E-state index contributed by atoms with van der Waals surface area (Å²) < 4.78 is 43.4. The second-order valence-electron chi connectivity index (χ2n) is 7.71. The molecule has 0 spiro atoms. The molecule has 4 rings (SSSR count). The lowest BCUT2D eigenvalue weighted by Gasteiger charge is -2.09. The van der Waals surface area contributed by atoms with Crippen LogP contribution in [-0.4, -0.2) is 32.0 Å². The number of carbonyl (C=O) groups excluding carboxylic acids is 1. The molecule has 2 heterocycles. The topological polar surface area (TPSA) is 64.7 Å². The molecule has 1 aliphatic rings. The van der Waals surface area contributed by atoms with Crippen LogP contribution >= 0.6 is 27.5 Å². The van der Waals surface area contributed by atoms with E-state index in [4.69, 9.17) is 11.6 Å². The van der Waals surface area contributed by atoms with Gasteiger partial charge in [0.15, 0.2) is 5.69 Å². The summed E-state index contributed by atoms with van der Waals surface area (Å²) in [5, 5.41) is 10.4. The zero-order valence-corrected chi connectivity index (χ0v) is 19.2. The lowest BCUT2D eigenvalue weighted by Crippen LogP contribution is -2.25. The molecule has 0 unspecified atom stereocenters. The minimum atomic E-state index is -4.59. The van der Waals surface area contributed by atoms with Crippen LogP contribution in [0.15, 0.2) is 41.1 Å². The van der Waals surface area contributed by atoms with Gasteiger partial charge in [0.25, 0.3) is 5.91 Å². The van der Waals surface area contributed by atoms with Gasteiger partial charge in [-0.05, 0) is 52.9 Å². The highest BCUT2D eigenvalue weighted by Gasteiger charge is 2.41. The van der Waals surface area contributed by atoms with E-state index >= 15 is 0 Å². The van der Waals surface area contributed by atoms with Crippen molar-refractivity contribution >= 4 is 33.4 Å². The Morgan fingerprint density at radius 2 is 2.09 bits per heavy atom. The summed E-state index contributed by atoms with van der Waals surface area (Å²) in [6.45, 7) is 1.08. The molecular weight excluding hydrogens is 511 g/mol. The van der Waals surface area contributed by atoms with E-state index in [0.29, 0.717) is 30.8 Å². The van der Waals surface area contributed by atoms with Crippen LogP contribution in [0.5, 0.6) is 0 Å². The van der Waals surface area contributed by atoms with Gasteiger partial charge in [-0.15, -0.1) is 0 Å². The molecule has 0 saturated heterocycles. The van der Waals surface area contributed by atoms with E-state index in [9.17, 15) is 18.0 Å². The number of halogens is 5. The lowest BCUT2D eigenvalue weighted by molar-refractivity contribution is -0.141. The maximum atomic E-state index is 13.2. The molecule has 3 aromatic rings. The third-order valence-corrected chi connectivity index (χ3v) is 5.91. The summed E-state index contributed by atoms with van der Waals surface area (Å²) in [5.41, 5.74) is 0.844. The van der Waals surface area contributed by atoms with Crippen LogP contribution in [0.25, 0.3) is 0 Å². The molecule has 0 aliphatic heterocycles. The van der Waals surface area contributed by atoms with E-state index in [1.165, 1.54) is 4.68 Å². The molecule has 1 fully saturated rings. The molecular formula is C21H20BrClF3N5O. The first-order chi connectivity index (χ1) is 15.2. The Hall–Kier alpha value is -2.33.